The van der Waals surface area contributed by atoms with E-state index < -0.39 is 17.7 Å². The third-order valence-corrected chi connectivity index (χ3v) is 6.20. The van der Waals surface area contributed by atoms with Crippen molar-refractivity contribution in [3.63, 3.8) is 0 Å². The summed E-state index contributed by atoms with van der Waals surface area (Å²) >= 11 is 0. The van der Waals surface area contributed by atoms with Gasteiger partial charge in [-0.3, -0.25) is 4.79 Å². The van der Waals surface area contributed by atoms with E-state index in [1.807, 2.05) is 48.0 Å². The molecule has 3 aromatic rings. The number of methoxy groups -OCH3 is 1. The zero-order valence-electron chi connectivity index (χ0n) is 18.4. The molecule has 0 radical (unpaired) electrons. The van der Waals surface area contributed by atoms with Gasteiger partial charge in [-0.15, -0.1) is 0 Å². The van der Waals surface area contributed by atoms with E-state index in [9.17, 15) is 13.6 Å². The molecule has 5 rings (SSSR count). The first-order valence-corrected chi connectivity index (χ1v) is 10.8. The van der Waals surface area contributed by atoms with E-state index in [-0.39, 0.29) is 5.91 Å². The van der Waals surface area contributed by atoms with E-state index in [2.05, 4.69) is 4.98 Å². The van der Waals surface area contributed by atoms with Crippen molar-refractivity contribution in [2.24, 2.45) is 0 Å². The normalized spacial score (nSPS) is 19.1. The monoisotopic (exact) mass is 447 g/mol. The minimum atomic E-state index is -0.626. The average Bonchev–Trinajstić information content (AvgIpc) is 3.42. The number of nitrogens with zero attached hydrogens (tertiary/aromatic N) is 3. The molecule has 1 fully saturated rings. The molecule has 1 atom stereocenters. The zero-order valence-corrected chi connectivity index (χ0v) is 18.4. The van der Waals surface area contributed by atoms with Gasteiger partial charge in [-0.1, -0.05) is 18.2 Å². The number of carbonyl (C=O) groups is 1. The van der Waals surface area contributed by atoms with Gasteiger partial charge >= 0.3 is 0 Å². The van der Waals surface area contributed by atoms with Crippen LogP contribution in [0.25, 0.3) is 11.8 Å². The van der Waals surface area contributed by atoms with Crippen molar-refractivity contribution in [1.82, 2.24) is 14.5 Å². The molecule has 5 nitrogen and oxygen atoms in total. The molecule has 3 heterocycles. The summed E-state index contributed by atoms with van der Waals surface area (Å²) in [4.78, 5) is 19.3. The Bertz CT molecular complexity index is 1310. The Labute approximate surface area is 190 Å². The summed E-state index contributed by atoms with van der Waals surface area (Å²) in [5, 5.41) is 0. The molecule has 33 heavy (non-hydrogen) atoms. The van der Waals surface area contributed by atoms with E-state index in [0.29, 0.717) is 36.1 Å². The highest BCUT2D eigenvalue weighted by Gasteiger charge is 2.38. The molecule has 0 aliphatic carbocycles. The molecule has 0 saturated carbocycles. The number of hydrogen-bond donors (Lipinski definition) is 0. The molecular formula is C26H23F2N3O2. The van der Waals surface area contributed by atoms with Crippen LogP contribution in [0.4, 0.5) is 8.78 Å². The number of carbonyl (C=O) groups excluding carboxylic acids is 1. The number of imidazole rings is 1. The lowest BCUT2D eigenvalue weighted by Gasteiger charge is -2.30. The Kier molecular flexibility index (Phi) is 5.32. The van der Waals surface area contributed by atoms with E-state index >= 15 is 0 Å². The smallest absolute Gasteiger partial charge is 0.254 e. The summed E-state index contributed by atoms with van der Waals surface area (Å²) in [5.74, 6) is -0.736. The summed E-state index contributed by atoms with van der Waals surface area (Å²) in [6.07, 6.45) is 9.31. The van der Waals surface area contributed by atoms with Gasteiger partial charge in [0.2, 0.25) is 0 Å². The number of amides is 1. The molecule has 2 aromatic carbocycles. The van der Waals surface area contributed by atoms with Crippen molar-refractivity contribution in [2.45, 2.75) is 32.2 Å². The molecule has 1 saturated heterocycles. The van der Waals surface area contributed by atoms with Crippen molar-refractivity contribution >= 4 is 12.0 Å². The molecule has 2 aliphatic heterocycles. The fourth-order valence-corrected chi connectivity index (χ4v) is 4.61. The van der Waals surface area contributed by atoms with Crippen LogP contribution in [0.15, 0.2) is 66.3 Å². The number of halogens is 2. The summed E-state index contributed by atoms with van der Waals surface area (Å²) in [6.45, 7) is 1.92. The van der Waals surface area contributed by atoms with Gasteiger partial charge in [-0.25, -0.2) is 13.8 Å². The summed E-state index contributed by atoms with van der Waals surface area (Å²) < 4.78 is 35.3. The molecule has 0 spiro atoms. The summed E-state index contributed by atoms with van der Waals surface area (Å²) in [5.41, 5.74) is 4.43. The van der Waals surface area contributed by atoms with Gasteiger partial charge in [0.05, 0.1) is 30.9 Å². The number of aromatic nitrogens is 2. The van der Waals surface area contributed by atoms with Crippen molar-refractivity contribution in [2.75, 3.05) is 7.11 Å². The van der Waals surface area contributed by atoms with Gasteiger partial charge in [0, 0.05) is 29.1 Å². The highest BCUT2D eigenvalue weighted by Crippen LogP contribution is 2.43. The number of rotatable bonds is 4. The molecule has 1 amide bonds. The standard InChI is InChI=1S/C26H23F2N3O2/c1-16-14-30(15-29-16)24-9-3-17(12-25(24)33-2)11-18-4-6-20-7-10-23(31(20)26(18)32)21-8-5-19(27)13-22(21)28/h3,5-6,8-9,11-15,23H,4,7,10H2,1-2H3/t23-/m0/s1. The van der Waals surface area contributed by atoms with Crippen LogP contribution in [0.5, 0.6) is 5.75 Å². The van der Waals surface area contributed by atoms with Crippen LogP contribution in [0.3, 0.4) is 0 Å². The Morgan fingerprint density at radius 2 is 2.03 bits per heavy atom. The fourth-order valence-electron chi connectivity index (χ4n) is 4.61. The van der Waals surface area contributed by atoms with Gasteiger partial charge in [-0.2, -0.15) is 0 Å². The first-order valence-electron chi connectivity index (χ1n) is 10.8. The summed E-state index contributed by atoms with van der Waals surface area (Å²) in [7, 11) is 1.60. The molecule has 0 bridgehead atoms. The maximum absolute atomic E-state index is 14.5. The maximum Gasteiger partial charge on any atom is 0.254 e. The lowest BCUT2D eigenvalue weighted by molar-refractivity contribution is -0.126. The number of aryl methyl sites for hydroxylation is 1. The highest BCUT2D eigenvalue weighted by molar-refractivity contribution is 6.00. The van der Waals surface area contributed by atoms with Crippen molar-refractivity contribution < 1.29 is 18.3 Å². The van der Waals surface area contributed by atoms with Crippen LogP contribution in [0, 0.1) is 18.6 Å². The van der Waals surface area contributed by atoms with E-state index in [0.717, 1.165) is 28.7 Å². The number of ether oxygens (including phenoxy) is 1. The van der Waals surface area contributed by atoms with Crippen LogP contribution < -0.4 is 4.74 Å². The first-order chi connectivity index (χ1) is 15.9. The first kappa shape index (κ1) is 21.1. The third kappa shape index (κ3) is 3.84. The lowest BCUT2D eigenvalue weighted by atomic mass is 10.00. The Morgan fingerprint density at radius 3 is 2.76 bits per heavy atom. The van der Waals surface area contributed by atoms with Gasteiger partial charge in [0.15, 0.2) is 0 Å². The van der Waals surface area contributed by atoms with Crippen LogP contribution in [-0.2, 0) is 4.79 Å². The van der Waals surface area contributed by atoms with Gasteiger partial charge < -0.3 is 14.2 Å². The zero-order chi connectivity index (χ0) is 23.1. The number of fused-ring (bicyclic) bond motifs is 1. The van der Waals surface area contributed by atoms with E-state index in [4.69, 9.17) is 4.74 Å². The third-order valence-electron chi connectivity index (χ3n) is 6.20. The van der Waals surface area contributed by atoms with Crippen LogP contribution in [-0.4, -0.2) is 27.5 Å². The Hall–Kier alpha value is -3.74. The van der Waals surface area contributed by atoms with Gasteiger partial charge in [-0.05, 0) is 56.0 Å². The topological polar surface area (TPSA) is 47.4 Å². The Morgan fingerprint density at radius 1 is 1.18 bits per heavy atom. The predicted molar refractivity (Wildman–Crippen MR) is 121 cm³/mol. The SMILES string of the molecule is COc1cc(C=C2CC=C3CC[C@@H](c4ccc(F)cc4F)N3C2=O)ccc1-n1cnc(C)c1. The quantitative estimate of drug-likeness (QED) is 0.496. The molecule has 168 valence electrons. The van der Waals surface area contributed by atoms with Crippen LogP contribution >= 0.6 is 0 Å². The van der Waals surface area contributed by atoms with Gasteiger partial charge in [0.1, 0.15) is 17.4 Å². The molecule has 2 aliphatic rings. The van der Waals surface area contributed by atoms with Crippen LogP contribution in [0.1, 0.15) is 42.1 Å². The minimum absolute atomic E-state index is 0.146. The van der Waals surface area contributed by atoms with Crippen molar-refractivity contribution in [1.29, 1.82) is 0 Å². The summed E-state index contributed by atoms with van der Waals surface area (Å²) in [6, 6.07) is 8.84. The average molecular weight is 447 g/mol. The van der Waals surface area contributed by atoms with Gasteiger partial charge in [0.25, 0.3) is 5.91 Å². The fraction of sp³-hybridized carbons (Fsp3) is 0.231. The number of hydrogen-bond acceptors (Lipinski definition) is 3. The van der Waals surface area contributed by atoms with Crippen LogP contribution in [0.2, 0.25) is 0 Å². The molecule has 0 N–H and O–H groups in total. The molecule has 7 heteroatoms. The van der Waals surface area contributed by atoms with Crippen molar-refractivity contribution in [3.8, 4) is 11.4 Å². The second-order valence-corrected chi connectivity index (χ2v) is 8.32. The second-order valence-electron chi connectivity index (χ2n) is 8.32. The van der Waals surface area contributed by atoms with E-state index in [1.54, 1.807) is 18.3 Å². The second kappa shape index (κ2) is 8.31. The minimum Gasteiger partial charge on any atom is -0.495 e. The molecule has 1 aromatic heterocycles. The maximum atomic E-state index is 14.5. The predicted octanol–water partition coefficient (Wildman–Crippen LogP) is 5.50. The molecular weight excluding hydrogens is 424 g/mol. The molecule has 0 unspecified atom stereocenters. The lowest BCUT2D eigenvalue weighted by Crippen LogP contribution is -2.33. The highest BCUT2D eigenvalue weighted by atomic mass is 19.1. The van der Waals surface area contributed by atoms with E-state index in [1.165, 1.54) is 12.1 Å². The number of allylic oxidation sites excluding steroid dienone is 2. The van der Waals surface area contributed by atoms with Crippen molar-refractivity contribution in [3.05, 3.63) is 94.7 Å². The largest absolute Gasteiger partial charge is 0.495 e. The number of benzene rings is 2. The Balaban J connectivity index is 1.46.